The highest BCUT2D eigenvalue weighted by Gasteiger charge is 2.39. The number of carbonyl (C=O) groups excluding carboxylic acids is 1. The maximum absolute atomic E-state index is 12.8. The summed E-state index contributed by atoms with van der Waals surface area (Å²) >= 11 is 0. The van der Waals surface area contributed by atoms with E-state index < -0.39 is 0 Å². The van der Waals surface area contributed by atoms with Crippen LogP contribution >= 0.6 is 0 Å². The van der Waals surface area contributed by atoms with Crippen LogP contribution in [0.25, 0.3) is 5.69 Å². The average Bonchev–Trinajstić information content (AvgIpc) is 3.17. The van der Waals surface area contributed by atoms with Crippen molar-refractivity contribution in [2.75, 3.05) is 26.2 Å². The van der Waals surface area contributed by atoms with E-state index in [1.807, 2.05) is 37.3 Å². The second kappa shape index (κ2) is 5.87. The lowest BCUT2D eigenvalue weighted by molar-refractivity contribution is 0.0772. The minimum Gasteiger partial charge on any atom is -0.336 e. The first-order valence-electron chi connectivity index (χ1n) is 8.30. The van der Waals surface area contributed by atoms with Gasteiger partial charge in [0.15, 0.2) is 5.69 Å². The molecule has 124 valence electrons. The van der Waals surface area contributed by atoms with Gasteiger partial charge >= 0.3 is 0 Å². The summed E-state index contributed by atoms with van der Waals surface area (Å²) in [6, 6.07) is 11.0. The third-order valence-corrected chi connectivity index (χ3v) is 4.99. The molecular weight excluding hydrogens is 304 g/mol. The summed E-state index contributed by atoms with van der Waals surface area (Å²) < 4.78 is 1.66. The molecule has 6 nitrogen and oxygen atoms in total. The quantitative estimate of drug-likeness (QED) is 0.889. The molecule has 0 radical (unpaired) electrons. The predicted octanol–water partition coefficient (Wildman–Crippen LogP) is 0.832. The number of benzene rings is 1. The Morgan fingerprint density at radius 2 is 1.83 bits per heavy atom. The molecule has 6 heteroatoms. The molecule has 4 rings (SSSR count). The van der Waals surface area contributed by atoms with Crippen molar-refractivity contribution >= 4 is 5.91 Å². The van der Waals surface area contributed by atoms with Gasteiger partial charge in [-0.25, -0.2) is 4.68 Å². The highest BCUT2D eigenvalue weighted by molar-refractivity contribution is 5.92. The first-order valence-corrected chi connectivity index (χ1v) is 8.30. The summed E-state index contributed by atoms with van der Waals surface area (Å²) in [6.45, 7) is 5.13. The molecule has 24 heavy (non-hydrogen) atoms. The summed E-state index contributed by atoms with van der Waals surface area (Å²) in [7, 11) is 0. The van der Waals surface area contributed by atoms with Gasteiger partial charge in [0, 0.05) is 37.9 Å². The number of carbonyl (C=O) groups is 1. The van der Waals surface area contributed by atoms with Crippen LogP contribution in [0.2, 0.25) is 0 Å². The van der Waals surface area contributed by atoms with E-state index in [0.29, 0.717) is 30.6 Å². The van der Waals surface area contributed by atoms with E-state index in [-0.39, 0.29) is 17.0 Å². The Hall–Kier alpha value is -2.47. The lowest BCUT2D eigenvalue weighted by Gasteiger charge is -2.18. The highest BCUT2D eigenvalue weighted by atomic mass is 16.2. The molecule has 1 N–H and O–H groups in total. The van der Waals surface area contributed by atoms with E-state index in [0.717, 1.165) is 18.8 Å². The Labute approximate surface area is 140 Å². The number of amides is 1. The van der Waals surface area contributed by atoms with Gasteiger partial charge in [-0.05, 0) is 30.9 Å². The summed E-state index contributed by atoms with van der Waals surface area (Å²) in [4.78, 5) is 26.9. The third-order valence-electron chi connectivity index (χ3n) is 4.99. The molecule has 0 unspecified atom stereocenters. The lowest BCUT2D eigenvalue weighted by Crippen LogP contribution is -2.36. The van der Waals surface area contributed by atoms with Gasteiger partial charge < -0.3 is 10.2 Å². The zero-order chi connectivity index (χ0) is 16.7. The molecule has 2 saturated heterocycles. The molecule has 3 heterocycles. The van der Waals surface area contributed by atoms with Crippen molar-refractivity contribution in [1.82, 2.24) is 20.0 Å². The van der Waals surface area contributed by atoms with E-state index in [4.69, 9.17) is 0 Å². The maximum Gasteiger partial charge on any atom is 0.278 e. The molecule has 2 aliphatic rings. The molecule has 0 aliphatic carbocycles. The number of fused-ring (bicyclic) bond motifs is 1. The summed E-state index contributed by atoms with van der Waals surface area (Å²) in [5.74, 6) is 0.741. The zero-order valence-corrected chi connectivity index (χ0v) is 13.6. The highest BCUT2D eigenvalue weighted by Crippen LogP contribution is 2.26. The van der Waals surface area contributed by atoms with Crippen molar-refractivity contribution in [1.29, 1.82) is 0 Å². The molecule has 2 atom stereocenters. The molecule has 2 fully saturated rings. The van der Waals surface area contributed by atoms with E-state index in [1.165, 1.54) is 6.07 Å². The van der Waals surface area contributed by atoms with E-state index in [1.54, 1.807) is 9.58 Å². The molecule has 1 amide bonds. The Morgan fingerprint density at radius 3 is 2.50 bits per heavy atom. The van der Waals surface area contributed by atoms with Crippen LogP contribution in [-0.4, -0.2) is 46.8 Å². The standard InChI is InChI=1S/C18H20N4O2/c1-12-7-16(23)17(20-22(12)15-5-3-2-4-6-15)18(24)21-10-13-8-19-9-14(13)11-21/h2-7,13-14,19H,8-11H2,1H3/t13-,14+. The van der Waals surface area contributed by atoms with Crippen LogP contribution in [0.15, 0.2) is 41.2 Å². The Bertz CT molecular complexity index is 819. The SMILES string of the molecule is Cc1cc(=O)c(C(=O)N2C[C@H]3CNC[C@H]3C2)nn1-c1ccccc1. The minimum absolute atomic E-state index is 0.0115. The molecular formula is C18H20N4O2. The second-order valence-electron chi connectivity index (χ2n) is 6.63. The first-order chi connectivity index (χ1) is 11.6. The van der Waals surface area contributed by atoms with Crippen molar-refractivity contribution in [3.63, 3.8) is 0 Å². The van der Waals surface area contributed by atoms with Crippen LogP contribution in [-0.2, 0) is 0 Å². The Kier molecular flexibility index (Phi) is 3.69. The van der Waals surface area contributed by atoms with Crippen molar-refractivity contribution in [3.05, 3.63) is 58.0 Å². The smallest absolute Gasteiger partial charge is 0.278 e. The largest absolute Gasteiger partial charge is 0.336 e. The number of hydrogen-bond donors (Lipinski definition) is 1. The topological polar surface area (TPSA) is 67.2 Å². The molecule has 1 aromatic carbocycles. The van der Waals surface area contributed by atoms with Gasteiger partial charge in [-0.15, -0.1) is 0 Å². The van der Waals surface area contributed by atoms with Gasteiger partial charge in [0.2, 0.25) is 5.43 Å². The van der Waals surface area contributed by atoms with Crippen molar-refractivity contribution < 1.29 is 4.79 Å². The number of nitrogens with zero attached hydrogens (tertiary/aromatic N) is 3. The molecule has 2 aliphatic heterocycles. The maximum atomic E-state index is 12.8. The predicted molar refractivity (Wildman–Crippen MR) is 90.3 cm³/mol. The normalized spacial score (nSPS) is 22.6. The van der Waals surface area contributed by atoms with Crippen molar-refractivity contribution in [2.45, 2.75) is 6.92 Å². The van der Waals surface area contributed by atoms with E-state index in [2.05, 4.69) is 10.4 Å². The molecule has 0 bridgehead atoms. The lowest BCUT2D eigenvalue weighted by atomic mass is 10.0. The summed E-state index contributed by atoms with van der Waals surface area (Å²) in [5, 5.41) is 7.73. The third kappa shape index (κ3) is 2.53. The number of nitrogens with one attached hydrogen (secondary N) is 1. The van der Waals surface area contributed by atoms with E-state index >= 15 is 0 Å². The summed E-state index contributed by atoms with van der Waals surface area (Å²) in [6.07, 6.45) is 0. The van der Waals surface area contributed by atoms with Crippen LogP contribution in [0.1, 0.15) is 16.2 Å². The van der Waals surface area contributed by atoms with Crippen LogP contribution in [0, 0.1) is 18.8 Å². The van der Waals surface area contributed by atoms with Crippen LogP contribution in [0.5, 0.6) is 0 Å². The second-order valence-corrected chi connectivity index (χ2v) is 6.63. The Morgan fingerprint density at radius 1 is 1.17 bits per heavy atom. The molecule has 0 saturated carbocycles. The van der Waals surface area contributed by atoms with Gasteiger partial charge in [-0.3, -0.25) is 9.59 Å². The summed E-state index contributed by atoms with van der Waals surface area (Å²) in [5.41, 5.74) is 1.26. The van der Waals surface area contributed by atoms with E-state index in [9.17, 15) is 9.59 Å². The average molecular weight is 324 g/mol. The van der Waals surface area contributed by atoms with Crippen molar-refractivity contribution in [3.8, 4) is 5.69 Å². The van der Waals surface area contributed by atoms with Crippen LogP contribution in [0.3, 0.4) is 0 Å². The first kappa shape index (κ1) is 15.1. The number of para-hydroxylation sites is 1. The molecule has 1 aromatic heterocycles. The van der Waals surface area contributed by atoms with Gasteiger partial charge in [0.1, 0.15) is 0 Å². The number of likely N-dealkylation sites (tertiary alicyclic amines) is 1. The monoisotopic (exact) mass is 324 g/mol. The fraction of sp³-hybridized carbons (Fsp3) is 0.389. The van der Waals surface area contributed by atoms with Gasteiger partial charge in [-0.1, -0.05) is 18.2 Å². The minimum atomic E-state index is -0.306. The number of rotatable bonds is 2. The van der Waals surface area contributed by atoms with Gasteiger partial charge in [0.25, 0.3) is 5.91 Å². The van der Waals surface area contributed by atoms with Crippen LogP contribution < -0.4 is 10.7 Å². The number of hydrogen-bond acceptors (Lipinski definition) is 4. The zero-order valence-electron chi connectivity index (χ0n) is 13.6. The van der Waals surface area contributed by atoms with Gasteiger partial charge in [0.05, 0.1) is 5.69 Å². The fourth-order valence-electron chi connectivity index (χ4n) is 3.70. The molecule has 2 aromatic rings. The van der Waals surface area contributed by atoms with Crippen molar-refractivity contribution in [2.24, 2.45) is 11.8 Å². The number of aromatic nitrogens is 2. The Balaban J connectivity index is 1.68. The fourth-order valence-corrected chi connectivity index (χ4v) is 3.70. The molecule has 0 spiro atoms. The number of aryl methyl sites for hydroxylation is 1. The van der Waals surface area contributed by atoms with Crippen LogP contribution in [0.4, 0.5) is 0 Å². The van der Waals surface area contributed by atoms with Gasteiger partial charge in [-0.2, -0.15) is 5.10 Å².